The molecule has 4 aliphatic rings. The van der Waals surface area contributed by atoms with Crippen LogP contribution < -0.4 is 31.6 Å². The van der Waals surface area contributed by atoms with Crippen molar-refractivity contribution in [2.24, 2.45) is 5.92 Å². The molecule has 7 N–H and O–H groups in total. The van der Waals surface area contributed by atoms with Crippen LogP contribution in [0.15, 0.2) is 0 Å². The zero-order valence-corrected chi connectivity index (χ0v) is 17.6. The minimum atomic E-state index is 0.150. The molecule has 0 aromatic carbocycles. The van der Waals surface area contributed by atoms with Gasteiger partial charge in [0, 0.05) is 45.3 Å². The maximum absolute atomic E-state index is 6.10. The van der Waals surface area contributed by atoms with Crippen LogP contribution in [0.3, 0.4) is 0 Å². The third-order valence-corrected chi connectivity index (χ3v) is 7.22. The molecule has 0 bridgehead atoms. The molecule has 0 spiro atoms. The number of methoxy groups -OCH3 is 1. The maximum Gasteiger partial charge on any atom is 0.183 e. The minimum absolute atomic E-state index is 0.150. The molecule has 0 saturated carbocycles. The lowest BCUT2D eigenvalue weighted by atomic mass is 9.92. The summed E-state index contributed by atoms with van der Waals surface area (Å²) in [6.07, 6.45) is 9.97. The minimum Gasteiger partial charge on any atom is -0.383 e. The first kappa shape index (κ1) is 20.9. The van der Waals surface area contributed by atoms with E-state index in [0.29, 0.717) is 24.2 Å². The first-order valence-corrected chi connectivity index (χ1v) is 11.6. The average molecular weight is 399 g/mol. The van der Waals surface area contributed by atoms with Gasteiger partial charge in [-0.2, -0.15) is 5.48 Å². The molecule has 7 unspecified atom stereocenters. The van der Waals surface area contributed by atoms with Gasteiger partial charge < -0.3 is 20.3 Å². The fourth-order valence-corrected chi connectivity index (χ4v) is 5.66. The summed E-state index contributed by atoms with van der Waals surface area (Å²) >= 11 is 0. The maximum atomic E-state index is 6.10. The van der Waals surface area contributed by atoms with Gasteiger partial charge in [0.2, 0.25) is 0 Å². The molecule has 4 aliphatic heterocycles. The van der Waals surface area contributed by atoms with Gasteiger partial charge in [0.25, 0.3) is 0 Å². The predicted molar refractivity (Wildman–Crippen MR) is 107 cm³/mol. The molecule has 28 heavy (non-hydrogen) atoms. The van der Waals surface area contributed by atoms with Crippen LogP contribution in [-0.4, -0.2) is 77.1 Å². The molecule has 0 aromatic rings. The van der Waals surface area contributed by atoms with Gasteiger partial charge in [0.05, 0.1) is 38.4 Å². The number of likely N-dealkylation sites (tertiary alicyclic amines) is 1. The summed E-state index contributed by atoms with van der Waals surface area (Å²) in [6.45, 7) is 6.61. The van der Waals surface area contributed by atoms with Gasteiger partial charge in [-0.1, -0.05) is 6.42 Å². The molecule has 4 fully saturated rings. The zero-order chi connectivity index (χ0) is 19.2. The summed E-state index contributed by atoms with van der Waals surface area (Å²) in [5.74, 6) is 0.611. The SMILES string of the molecule is COCCNC1CC(C2NOC(C3CCC[NH+]3CC3CCCCN3)N2)CC[NH2+]1. The van der Waals surface area contributed by atoms with Crippen molar-refractivity contribution in [1.82, 2.24) is 21.4 Å². The second-order valence-corrected chi connectivity index (χ2v) is 9.17. The van der Waals surface area contributed by atoms with Gasteiger partial charge in [-0.15, -0.1) is 0 Å². The molecular formula is C20H42N6O2+2. The largest absolute Gasteiger partial charge is 0.383 e. The van der Waals surface area contributed by atoms with Crippen LogP contribution in [0.2, 0.25) is 0 Å². The van der Waals surface area contributed by atoms with E-state index in [-0.39, 0.29) is 12.4 Å². The van der Waals surface area contributed by atoms with E-state index in [1.54, 1.807) is 12.0 Å². The smallest absolute Gasteiger partial charge is 0.183 e. The highest BCUT2D eigenvalue weighted by molar-refractivity contribution is 4.85. The van der Waals surface area contributed by atoms with Gasteiger partial charge in [-0.3, -0.25) is 15.5 Å². The van der Waals surface area contributed by atoms with Crippen molar-refractivity contribution in [3.05, 3.63) is 0 Å². The fraction of sp³-hybridized carbons (Fsp3) is 1.00. The molecule has 0 aromatic heterocycles. The lowest BCUT2D eigenvalue weighted by Crippen LogP contribution is -3.16. The van der Waals surface area contributed by atoms with E-state index < -0.39 is 0 Å². The third-order valence-electron chi connectivity index (χ3n) is 7.22. The van der Waals surface area contributed by atoms with E-state index in [2.05, 4.69) is 26.7 Å². The Balaban J connectivity index is 1.24. The summed E-state index contributed by atoms with van der Waals surface area (Å²) in [7, 11) is 1.76. The Kier molecular flexibility index (Phi) is 7.95. The number of ether oxygens (including phenoxy) is 1. The van der Waals surface area contributed by atoms with Crippen molar-refractivity contribution in [3.63, 3.8) is 0 Å². The predicted octanol–water partition coefficient (Wildman–Crippen LogP) is -2.51. The summed E-state index contributed by atoms with van der Waals surface area (Å²) in [5, 5.41) is 13.6. The topological polar surface area (TPSA) is 87.6 Å². The number of hydrogen-bond donors (Lipinski definition) is 6. The highest BCUT2D eigenvalue weighted by Crippen LogP contribution is 2.20. The Morgan fingerprint density at radius 2 is 2.18 bits per heavy atom. The number of rotatable bonds is 8. The number of hydroxylamine groups is 1. The number of piperidine rings is 2. The van der Waals surface area contributed by atoms with Crippen LogP contribution in [0.5, 0.6) is 0 Å². The number of nitrogens with two attached hydrogens (primary N) is 1. The Morgan fingerprint density at radius 1 is 1.21 bits per heavy atom. The van der Waals surface area contributed by atoms with E-state index in [1.807, 2.05) is 0 Å². The van der Waals surface area contributed by atoms with Crippen molar-refractivity contribution in [3.8, 4) is 0 Å². The van der Waals surface area contributed by atoms with Crippen molar-refractivity contribution in [2.45, 2.75) is 75.6 Å². The summed E-state index contributed by atoms with van der Waals surface area (Å²) in [5.41, 5.74) is 3.36. The van der Waals surface area contributed by atoms with E-state index in [9.17, 15) is 0 Å². The zero-order valence-electron chi connectivity index (χ0n) is 17.6. The average Bonchev–Trinajstić information content (AvgIpc) is 3.39. The molecule has 162 valence electrons. The van der Waals surface area contributed by atoms with Gasteiger partial charge in [-0.25, -0.2) is 0 Å². The number of quaternary nitrogens is 2. The second-order valence-electron chi connectivity index (χ2n) is 9.17. The molecule has 7 atom stereocenters. The Bertz CT molecular complexity index is 464. The number of nitrogens with one attached hydrogen (secondary N) is 5. The van der Waals surface area contributed by atoms with Crippen LogP contribution >= 0.6 is 0 Å². The first-order chi connectivity index (χ1) is 13.8. The van der Waals surface area contributed by atoms with E-state index in [0.717, 1.165) is 19.6 Å². The van der Waals surface area contributed by atoms with Crippen molar-refractivity contribution >= 4 is 0 Å². The van der Waals surface area contributed by atoms with Crippen LogP contribution in [0.25, 0.3) is 0 Å². The molecule has 8 heteroatoms. The molecule has 0 radical (unpaired) electrons. The van der Waals surface area contributed by atoms with Gasteiger partial charge in [0.15, 0.2) is 6.23 Å². The Morgan fingerprint density at radius 3 is 3.04 bits per heavy atom. The lowest BCUT2D eigenvalue weighted by Gasteiger charge is -2.32. The summed E-state index contributed by atoms with van der Waals surface area (Å²) in [4.78, 5) is 7.83. The fourth-order valence-electron chi connectivity index (χ4n) is 5.66. The quantitative estimate of drug-likeness (QED) is 0.253. The van der Waals surface area contributed by atoms with Crippen LogP contribution in [-0.2, 0) is 9.57 Å². The lowest BCUT2D eigenvalue weighted by molar-refractivity contribution is -0.917. The molecule has 4 heterocycles. The summed E-state index contributed by atoms with van der Waals surface area (Å²) in [6, 6.07) is 1.27. The Hall–Kier alpha value is -0.320. The summed E-state index contributed by atoms with van der Waals surface area (Å²) < 4.78 is 5.17. The Labute approximate surface area is 169 Å². The molecule has 4 saturated heterocycles. The third kappa shape index (κ3) is 5.43. The van der Waals surface area contributed by atoms with E-state index in [1.165, 1.54) is 64.7 Å². The highest BCUT2D eigenvalue weighted by Gasteiger charge is 2.44. The molecular weight excluding hydrogens is 356 g/mol. The van der Waals surface area contributed by atoms with Gasteiger partial charge >= 0.3 is 0 Å². The van der Waals surface area contributed by atoms with Crippen LogP contribution in [0, 0.1) is 5.92 Å². The molecule has 0 amide bonds. The first-order valence-electron chi connectivity index (χ1n) is 11.6. The molecule has 8 nitrogen and oxygen atoms in total. The number of hydrogen-bond acceptors (Lipinski definition) is 6. The van der Waals surface area contributed by atoms with Crippen molar-refractivity contribution < 1.29 is 19.8 Å². The van der Waals surface area contributed by atoms with Crippen LogP contribution in [0.1, 0.15) is 44.9 Å². The van der Waals surface area contributed by atoms with Gasteiger partial charge in [0.1, 0.15) is 12.2 Å². The van der Waals surface area contributed by atoms with E-state index in [4.69, 9.17) is 9.57 Å². The normalized spacial score (nSPS) is 42.1. The van der Waals surface area contributed by atoms with Crippen LogP contribution in [0.4, 0.5) is 0 Å². The monoisotopic (exact) mass is 398 g/mol. The highest BCUT2D eigenvalue weighted by atomic mass is 16.7. The standard InChI is InChI=1S/C20H40N6O2/c1-27-12-10-23-18-13-15(7-9-22-18)19-24-20(28-25-19)17-6-4-11-26(17)14-16-5-2-3-8-21-16/h15-25H,2-14H2,1H3/p+2. The second kappa shape index (κ2) is 10.6. The van der Waals surface area contributed by atoms with Crippen molar-refractivity contribution in [1.29, 1.82) is 0 Å². The molecule has 4 rings (SSSR count). The van der Waals surface area contributed by atoms with E-state index >= 15 is 0 Å². The molecule has 0 aliphatic carbocycles. The van der Waals surface area contributed by atoms with Crippen molar-refractivity contribution in [2.75, 3.05) is 46.4 Å². The van der Waals surface area contributed by atoms with Gasteiger partial charge in [-0.05, 0) is 19.4 Å².